The molecule has 2 nitrogen and oxygen atoms in total. The number of hydrogen-bond donors (Lipinski definition) is 2. The summed E-state index contributed by atoms with van der Waals surface area (Å²) in [4.78, 5) is 0. The topological polar surface area (TPSA) is 47.7 Å². The van der Waals surface area contributed by atoms with Gasteiger partial charge in [0.1, 0.15) is 8.75 Å². The van der Waals surface area contributed by atoms with E-state index in [1.54, 1.807) is 0 Å². The highest BCUT2D eigenvalue weighted by molar-refractivity contribution is 8.53. The summed E-state index contributed by atoms with van der Waals surface area (Å²) in [6, 6.07) is 0. The summed E-state index contributed by atoms with van der Waals surface area (Å²) in [6.07, 6.45) is 3.67. The first-order chi connectivity index (χ1) is 4.20. The molecule has 5 heteroatoms. The minimum atomic E-state index is 0.481. The van der Waals surface area contributed by atoms with Crippen molar-refractivity contribution in [3.63, 3.8) is 0 Å². The zero-order chi connectivity index (χ0) is 7.28. The van der Waals surface area contributed by atoms with Crippen molar-refractivity contribution in [2.75, 3.05) is 12.5 Å². The van der Waals surface area contributed by atoms with Crippen LogP contribution in [0.15, 0.2) is 0 Å². The van der Waals surface area contributed by atoms with Gasteiger partial charge in [0.2, 0.25) is 0 Å². The Bertz CT molecular complexity index is 109. The van der Waals surface area contributed by atoms with Gasteiger partial charge in [-0.3, -0.25) is 10.8 Å². The van der Waals surface area contributed by atoms with Gasteiger partial charge in [0.05, 0.1) is 0 Å². The molecule has 0 saturated carbocycles. The van der Waals surface area contributed by atoms with E-state index in [-0.39, 0.29) is 0 Å². The van der Waals surface area contributed by atoms with Crippen molar-refractivity contribution in [1.29, 1.82) is 10.8 Å². The predicted molar refractivity (Wildman–Crippen MR) is 50.1 cm³/mol. The fourth-order valence-corrected chi connectivity index (χ4v) is 1.66. The molecule has 2 N–H and O–H groups in total. The van der Waals surface area contributed by atoms with Crippen molar-refractivity contribution in [2.24, 2.45) is 0 Å². The second kappa shape index (κ2) is 5.20. The van der Waals surface area contributed by atoms with Gasteiger partial charge in [-0.25, -0.2) is 0 Å². The van der Waals surface area contributed by atoms with E-state index in [2.05, 4.69) is 0 Å². The Labute approximate surface area is 67.6 Å². The molecule has 0 rings (SSSR count). The minimum Gasteiger partial charge on any atom is -0.288 e. The maximum atomic E-state index is 7.14. The SMILES string of the molecule is CSC(=N)SC(=N)SC. The van der Waals surface area contributed by atoms with Crippen molar-refractivity contribution in [3.8, 4) is 0 Å². The van der Waals surface area contributed by atoms with Crippen LogP contribution in [0.4, 0.5) is 0 Å². The summed E-state index contributed by atoms with van der Waals surface area (Å²) in [5.41, 5.74) is 0. The van der Waals surface area contributed by atoms with E-state index >= 15 is 0 Å². The molecule has 0 saturated heterocycles. The van der Waals surface area contributed by atoms with Gasteiger partial charge in [0.25, 0.3) is 0 Å². The summed E-state index contributed by atoms with van der Waals surface area (Å²) < 4.78 is 0.962. The molecule has 0 heterocycles. The molecule has 0 unspecified atom stereocenters. The van der Waals surface area contributed by atoms with Gasteiger partial charge in [0.15, 0.2) is 0 Å². The van der Waals surface area contributed by atoms with E-state index in [4.69, 9.17) is 10.8 Å². The second-order valence-electron chi connectivity index (χ2n) is 1.09. The molecule has 0 radical (unpaired) electrons. The highest BCUT2D eigenvalue weighted by Gasteiger charge is 1.98. The molecule has 0 aliphatic carbocycles. The zero-order valence-electron chi connectivity index (χ0n) is 5.22. The molecule has 0 spiro atoms. The number of rotatable bonds is 0. The standard InChI is InChI=1S/C4H8N2S3/c1-7-3(5)9-4(6)8-2/h5-6H,1-2H3. The zero-order valence-corrected chi connectivity index (χ0v) is 7.67. The molecule has 0 aliphatic heterocycles. The van der Waals surface area contributed by atoms with Crippen LogP contribution in [0.3, 0.4) is 0 Å². The minimum absolute atomic E-state index is 0.481. The Morgan fingerprint density at radius 1 is 1.00 bits per heavy atom. The smallest absolute Gasteiger partial charge is 0.128 e. The van der Waals surface area contributed by atoms with Crippen molar-refractivity contribution >= 4 is 44.0 Å². The third-order valence-corrected chi connectivity index (χ3v) is 3.17. The van der Waals surface area contributed by atoms with E-state index in [9.17, 15) is 0 Å². The average molecular weight is 180 g/mol. The summed E-state index contributed by atoms with van der Waals surface area (Å²) in [5, 5.41) is 14.3. The van der Waals surface area contributed by atoms with Gasteiger partial charge in [-0.2, -0.15) is 0 Å². The molecule has 9 heavy (non-hydrogen) atoms. The molecule has 0 aromatic heterocycles. The lowest BCUT2D eigenvalue weighted by molar-refractivity contribution is 1.59. The molecule has 0 amide bonds. The monoisotopic (exact) mass is 180 g/mol. The molecule has 0 bridgehead atoms. The van der Waals surface area contributed by atoms with Crippen LogP contribution in [0.2, 0.25) is 0 Å². The highest BCUT2D eigenvalue weighted by Crippen LogP contribution is 2.18. The van der Waals surface area contributed by atoms with Gasteiger partial charge < -0.3 is 0 Å². The third kappa shape index (κ3) is 4.87. The van der Waals surface area contributed by atoms with Crippen LogP contribution in [0.1, 0.15) is 0 Å². The van der Waals surface area contributed by atoms with Crippen LogP contribution in [0.5, 0.6) is 0 Å². The second-order valence-corrected chi connectivity index (χ2v) is 4.26. The number of thioether (sulfide) groups is 3. The van der Waals surface area contributed by atoms with Crippen molar-refractivity contribution in [3.05, 3.63) is 0 Å². The van der Waals surface area contributed by atoms with Crippen LogP contribution >= 0.6 is 35.3 Å². The summed E-state index contributed by atoms with van der Waals surface area (Å²) in [6.45, 7) is 0. The predicted octanol–water partition coefficient (Wildman–Crippen LogP) is 2.32. The van der Waals surface area contributed by atoms with Crippen LogP contribution in [0.25, 0.3) is 0 Å². The number of nitrogens with one attached hydrogen (secondary N) is 2. The van der Waals surface area contributed by atoms with Crippen LogP contribution in [-0.2, 0) is 0 Å². The first kappa shape index (κ1) is 9.39. The van der Waals surface area contributed by atoms with Crippen LogP contribution in [0, 0.1) is 10.8 Å². The van der Waals surface area contributed by atoms with Crippen molar-refractivity contribution < 1.29 is 0 Å². The lowest BCUT2D eigenvalue weighted by atomic mass is 11.6. The highest BCUT2D eigenvalue weighted by atomic mass is 32.2. The molecule has 0 aromatic rings. The van der Waals surface area contributed by atoms with Gasteiger partial charge in [-0.15, -0.1) is 23.5 Å². The van der Waals surface area contributed by atoms with Gasteiger partial charge in [-0.05, 0) is 24.3 Å². The molecule has 0 atom stereocenters. The Kier molecular flexibility index (Phi) is 5.42. The van der Waals surface area contributed by atoms with Crippen LogP contribution < -0.4 is 0 Å². The largest absolute Gasteiger partial charge is 0.288 e. The summed E-state index contributed by atoms with van der Waals surface area (Å²) in [7, 11) is 0. The molecular formula is C4H8N2S3. The van der Waals surface area contributed by atoms with Gasteiger partial charge in [0, 0.05) is 0 Å². The third-order valence-electron chi connectivity index (χ3n) is 0.556. The van der Waals surface area contributed by atoms with E-state index in [0.29, 0.717) is 8.75 Å². The Morgan fingerprint density at radius 2 is 1.33 bits per heavy atom. The Morgan fingerprint density at radius 3 is 1.56 bits per heavy atom. The van der Waals surface area contributed by atoms with Gasteiger partial charge in [-0.1, -0.05) is 0 Å². The fraction of sp³-hybridized carbons (Fsp3) is 0.500. The quantitative estimate of drug-likeness (QED) is 0.444. The van der Waals surface area contributed by atoms with Crippen LogP contribution in [-0.4, -0.2) is 21.3 Å². The van der Waals surface area contributed by atoms with Gasteiger partial charge >= 0.3 is 0 Å². The lowest BCUT2D eigenvalue weighted by Gasteiger charge is -1.96. The van der Waals surface area contributed by atoms with E-state index < -0.39 is 0 Å². The molecule has 0 aromatic carbocycles. The summed E-state index contributed by atoms with van der Waals surface area (Å²) in [5.74, 6) is 0. The first-order valence-corrected chi connectivity index (χ1v) is 5.40. The lowest BCUT2D eigenvalue weighted by Crippen LogP contribution is -1.86. The van der Waals surface area contributed by atoms with Crippen molar-refractivity contribution in [2.45, 2.75) is 0 Å². The Hall–Kier alpha value is 0.390. The normalized spacial score (nSPS) is 9.11. The van der Waals surface area contributed by atoms with Crippen molar-refractivity contribution in [1.82, 2.24) is 0 Å². The molecule has 52 valence electrons. The molecule has 0 fully saturated rings. The van der Waals surface area contributed by atoms with E-state index in [1.807, 2.05) is 12.5 Å². The van der Waals surface area contributed by atoms with E-state index in [0.717, 1.165) is 0 Å². The van der Waals surface area contributed by atoms with E-state index in [1.165, 1.54) is 35.3 Å². The first-order valence-electron chi connectivity index (χ1n) is 2.13. The maximum Gasteiger partial charge on any atom is 0.128 e. The Balaban J connectivity index is 3.47. The maximum absolute atomic E-state index is 7.14. The summed E-state index contributed by atoms with van der Waals surface area (Å²) >= 11 is 3.91. The fourth-order valence-electron chi connectivity index (χ4n) is 0.168. The average Bonchev–Trinajstić information content (AvgIpc) is 1.87. The number of hydrogen-bond acceptors (Lipinski definition) is 5. The molecular weight excluding hydrogens is 172 g/mol. The molecule has 0 aliphatic rings.